The Morgan fingerprint density at radius 3 is 2.94 bits per heavy atom. The van der Waals surface area contributed by atoms with Crippen LogP contribution in [0.3, 0.4) is 0 Å². The Balaban J connectivity index is 2.44. The number of carbonyl (C=O) groups is 1. The van der Waals surface area contributed by atoms with E-state index in [4.69, 9.17) is 9.84 Å². The number of ether oxygens (including phenoxy) is 1. The SMILES string of the molecule is Cc1ccc(F)cc1C(=O)NCCOCCO. The van der Waals surface area contributed by atoms with Crippen LogP contribution in [0.1, 0.15) is 15.9 Å². The number of aliphatic hydroxyl groups is 1. The summed E-state index contributed by atoms with van der Waals surface area (Å²) in [7, 11) is 0. The molecule has 0 bridgehead atoms. The Labute approximate surface area is 99.4 Å². The van der Waals surface area contributed by atoms with Gasteiger partial charge in [0.05, 0.1) is 19.8 Å². The second-order valence-corrected chi connectivity index (χ2v) is 3.55. The van der Waals surface area contributed by atoms with Gasteiger partial charge in [0.2, 0.25) is 0 Å². The zero-order valence-electron chi connectivity index (χ0n) is 9.70. The van der Waals surface area contributed by atoms with Crippen LogP contribution in [-0.4, -0.2) is 37.4 Å². The molecule has 0 aromatic heterocycles. The van der Waals surface area contributed by atoms with E-state index in [1.54, 1.807) is 13.0 Å². The quantitative estimate of drug-likeness (QED) is 0.727. The lowest BCUT2D eigenvalue weighted by atomic mass is 10.1. The van der Waals surface area contributed by atoms with Crippen molar-refractivity contribution >= 4 is 5.91 Å². The molecule has 0 saturated carbocycles. The maximum atomic E-state index is 13.0. The van der Waals surface area contributed by atoms with E-state index in [9.17, 15) is 9.18 Å². The first kappa shape index (κ1) is 13.6. The zero-order valence-corrected chi connectivity index (χ0v) is 9.70. The normalized spacial score (nSPS) is 10.3. The van der Waals surface area contributed by atoms with Gasteiger partial charge in [0.15, 0.2) is 0 Å². The molecule has 0 heterocycles. The van der Waals surface area contributed by atoms with Gasteiger partial charge in [0.1, 0.15) is 5.82 Å². The van der Waals surface area contributed by atoms with Crippen LogP contribution in [0.5, 0.6) is 0 Å². The van der Waals surface area contributed by atoms with Crippen molar-refractivity contribution < 1.29 is 19.0 Å². The molecule has 94 valence electrons. The van der Waals surface area contributed by atoms with Crippen molar-refractivity contribution in [3.63, 3.8) is 0 Å². The summed E-state index contributed by atoms with van der Waals surface area (Å²) in [5.74, 6) is -0.758. The number of rotatable bonds is 6. The number of carbonyl (C=O) groups excluding carboxylic acids is 1. The molecule has 17 heavy (non-hydrogen) atoms. The van der Waals surface area contributed by atoms with Crippen LogP contribution < -0.4 is 5.32 Å². The first-order valence-corrected chi connectivity index (χ1v) is 5.38. The van der Waals surface area contributed by atoms with Gasteiger partial charge in [0.25, 0.3) is 5.91 Å². The minimum absolute atomic E-state index is 0.0447. The second-order valence-electron chi connectivity index (χ2n) is 3.55. The second kappa shape index (κ2) is 6.98. The van der Waals surface area contributed by atoms with Crippen LogP contribution in [0.25, 0.3) is 0 Å². The lowest BCUT2D eigenvalue weighted by molar-refractivity contribution is 0.0837. The van der Waals surface area contributed by atoms with E-state index in [1.807, 2.05) is 0 Å². The van der Waals surface area contributed by atoms with E-state index in [-0.39, 0.29) is 19.1 Å². The minimum atomic E-state index is -0.433. The third kappa shape index (κ3) is 4.50. The fraction of sp³-hybridized carbons (Fsp3) is 0.417. The molecule has 0 saturated heterocycles. The largest absolute Gasteiger partial charge is 0.394 e. The van der Waals surface area contributed by atoms with Gasteiger partial charge in [-0.15, -0.1) is 0 Å². The number of aryl methyl sites for hydroxylation is 1. The molecule has 0 fully saturated rings. The lowest BCUT2D eigenvalue weighted by Crippen LogP contribution is -2.28. The molecule has 4 nitrogen and oxygen atoms in total. The van der Waals surface area contributed by atoms with E-state index < -0.39 is 5.82 Å². The number of hydrogen-bond donors (Lipinski definition) is 2. The van der Waals surface area contributed by atoms with Crippen molar-refractivity contribution in [3.05, 3.63) is 35.1 Å². The Bertz CT molecular complexity index is 382. The smallest absolute Gasteiger partial charge is 0.251 e. The summed E-state index contributed by atoms with van der Waals surface area (Å²) in [5, 5.41) is 11.1. The van der Waals surface area contributed by atoms with Crippen molar-refractivity contribution in [1.29, 1.82) is 0 Å². The molecule has 1 aromatic rings. The molecule has 0 aliphatic rings. The summed E-state index contributed by atoms with van der Waals surface area (Å²) < 4.78 is 17.9. The predicted molar refractivity (Wildman–Crippen MR) is 61.4 cm³/mol. The van der Waals surface area contributed by atoms with Crippen LogP contribution in [0, 0.1) is 12.7 Å². The Hall–Kier alpha value is -1.46. The first-order valence-electron chi connectivity index (χ1n) is 5.38. The Kier molecular flexibility index (Phi) is 5.59. The molecule has 0 unspecified atom stereocenters. The summed E-state index contributed by atoms with van der Waals surface area (Å²) in [5.41, 5.74) is 1.05. The number of benzene rings is 1. The van der Waals surface area contributed by atoms with Crippen LogP contribution in [0.15, 0.2) is 18.2 Å². The maximum absolute atomic E-state index is 13.0. The molecule has 0 aliphatic carbocycles. The van der Waals surface area contributed by atoms with Crippen molar-refractivity contribution in [2.24, 2.45) is 0 Å². The molecule has 1 aromatic carbocycles. The molecular formula is C12H16FNO3. The molecule has 5 heteroatoms. The first-order chi connectivity index (χ1) is 8.15. The van der Waals surface area contributed by atoms with Crippen LogP contribution in [0.4, 0.5) is 4.39 Å². The van der Waals surface area contributed by atoms with E-state index in [0.29, 0.717) is 18.7 Å². The van der Waals surface area contributed by atoms with Crippen LogP contribution in [-0.2, 0) is 4.74 Å². The summed E-state index contributed by atoms with van der Waals surface area (Å²) >= 11 is 0. The molecule has 1 rings (SSSR count). The summed E-state index contributed by atoms with van der Waals surface area (Å²) in [6.07, 6.45) is 0. The fourth-order valence-corrected chi connectivity index (χ4v) is 1.34. The number of hydrogen-bond acceptors (Lipinski definition) is 3. The number of amides is 1. The highest BCUT2D eigenvalue weighted by Gasteiger charge is 2.09. The molecule has 0 spiro atoms. The Morgan fingerprint density at radius 1 is 1.47 bits per heavy atom. The maximum Gasteiger partial charge on any atom is 0.251 e. The average Bonchev–Trinajstić information content (AvgIpc) is 2.32. The van der Waals surface area contributed by atoms with Gasteiger partial charge in [-0.1, -0.05) is 6.07 Å². The van der Waals surface area contributed by atoms with E-state index in [2.05, 4.69) is 5.32 Å². The molecule has 0 radical (unpaired) electrons. The number of nitrogens with one attached hydrogen (secondary N) is 1. The van der Waals surface area contributed by atoms with Crippen molar-refractivity contribution in [3.8, 4) is 0 Å². The van der Waals surface area contributed by atoms with Crippen molar-refractivity contribution in [2.45, 2.75) is 6.92 Å². The van der Waals surface area contributed by atoms with Gasteiger partial charge < -0.3 is 15.2 Å². The third-order valence-electron chi connectivity index (χ3n) is 2.21. The average molecular weight is 241 g/mol. The van der Waals surface area contributed by atoms with Gasteiger partial charge >= 0.3 is 0 Å². The molecular weight excluding hydrogens is 225 g/mol. The highest BCUT2D eigenvalue weighted by Crippen LogP contribution is 2.09. The summed E-state index contributed by atoms with van der Waals surface area (Å²) in [6, 6.07) is 4.09. The highest BCUT2D eigenvalue weighted by atomic mass is 19.1. The molecule has 0 aliphatic heterocycles. The van der Waals surface area contributed by atoms with Gasteiger partial charge in [-0.25, -0.2) is 4.39 Å². The van der Waals surface area contributed by atoms with E-state index in [0.717, 1.165) is 5.56 Å². The van der Waals surface area contributed by atoms with E-state index in [1.165, 1.54) is 12.1 Å². The minimum Gasteiger partial charge on any atom is -0.394 e. The zero-order chi connectivity index (χ0) is 12.7. The third-order valence-corrected chi connectivity index (χ3v) is 2.21. The standard InChI is InChI=1S/C12H16FNO3/c1-9-2-3-10(13)8-11(9)12(16)14-4-6-17-7-5-15/h2-3,8,15H,4-7H2,1H3,(H,14,16). The molecule has 0 atom stereocenters. The summed E-state index contributed by atoms with van der Waals surface area (Å²) in [6.45, 7) is 2.60. The van der Waals surface area contributed by atoms with Crippen molar-refractivity contribution in [1.82, 2.24) is 5.32 Å². The molecule has 2 N–H and O–H groups in total. The number of halogens is 1. The number of aliphatic hydroxyl groups excluding tert-OH is 1. The van der Waals surface area contributed by atoms with Crippen LogP contribution >= 0.6 is 0 Å². The fourth-order valence-electron chi connectivity index (χ4n) is 1.34. The van der Waals surface area contributed by atoms with E-state index >= 15 is 0 Å². The van der Waals surface area contributed by atoms with Gasteiger partial charge in [0, 0.05) is 12.1 Å². The predicted octanol–water partition coefficient (Wildman–Crippen LogP) is 0.873. The van der Waals surface area contributed by atoms with Crippen molar-refractivity contribution in [2.75, 3.05) is 26.4 Å². The van der Waals surface area contributed by atoms with Gasteiger partial charge in [-0.05, 0) is 24.6 Å². The van der Waals surface area contributed by atoms with Gasteiger partial charge in [-0.3, -0.25) is 4.79 Å². The molecule has 1 amide bonds. The van der Waals surface area contributed by atoms with Gasteiger partial charge in [-0.2, -0.15) is 0 Å². The topological polar surface area (TPSA) is 58.6 Å². The lowest BCUT2D eigenvalue weighted by Gasteiger charge is -2.08. The summed E-state index contributed by atoms with van der Waals surface area (Å²) in [4.78, 5) is 11.7. The highest BCUT2D eigenvalue weighted by molar-refractivity contribution is 5.95. The Morgan fingerprint density at radius 2 is 2.24 bits per heavy atom. The monoisotopic (exact) mass is 241 g/mol. The van der Waals surface area contributed by atoms with Crippen LogP contribution in [0.2, 0.25) is 0 Å².